The van der Waals surface area contributed by atoms with E-state index in [2.05, 4.69) is 5.16 Å². The van der Waals surface area contributed by atoms with E-state index >= 15 is 0 Å². The maximum Gasteiger partial charge on any atom is 0.223 e. The molecule has 6 nitrogen and oxygen atoms in total. The van der Waals surface area contributed by atoms with E-state index in [1.165, 1.54) is 0 Å². The molecular weight excluding hydrogens is 320 g/mol. The van der Waals surface area contributed by atoms with Crippen molar-refractivity contribution in [2.45, 2.75) is 38.7 Å². The van der Waals surface area contributed by atoms with Crippen LogP contribution in [0.3, 0.4) is 0 Å². The van der Waals surface area contributed by atoms with Gasteiger partial charge in [-0.2, -0.15) is 0 Å². The molecule has 0 spiro atoms. The van der Waals surface area contributed by atoms with Crippen LogP contribution in [0.25, 0.3) is 0 Å². The van der Waals surface area contributed by atoms with E-state index < -0.39 is 0 Å². The third-order valence-electron chi connectivity index (χ3n) is 4.37. The smallest absolute Gasteiger partial charge is 0.223 e. The van der Waals surface area contributed by atoms with Crippen LogP contribution in [0, 0.1) is 6.92 Å². The predicted octanol–water partition coefficient (Wildman–Crippen LogP) is 2.99. The zero-order chi connectivity index (χ0) is 17.6. The largest absolute Gasteiger partial charge is 0.493 e. The Morgan fingerprint density at radius 2 is 2.16 bits per heavy atom. The fourth-order valence-corrected chi connectivity index (χ4v) is 3.09. The highest BCUT2D eigenvalue weighted by atomic mass is 16.5. The first kappa shape index (κ1) is 17.3. The van der Waals surface area contributed by atoms with Gasteiger partial charge in [0.25, 0.3) is 0 Å². The van der Waals surface area contributed by atoms with Crippen molar-refractivity contribution in [1.29, 1.82) is 0 Å². The van der Waals surface area contributed by atoms with E-state index in [-0.39, 0.29) is 12.0 Å². The molecule has 134 valence electrons. The molecule has 1 unspecified atom stereocenters. The Balaban J connectivity index is 1.54. The third-order valence-corrected chi connectivity index (χ3v) is 4.37. The van der Waals surface area contributed by atoms with Gasteiger partial charge in [-0.3, -0.25) is 4.79 Å². The summed E-state index contributed by atoms with van der Waals surface area (Å²) < 4.78 is 16.4. The van der Waals surface area contributed by atoms with Crippen LogP contribution in [0.5, 0.6) is 11.5 Å². The molecule has 2 aromatic rings. The summed E-state index contributed by atoms with van der Waals surface area (Å²) in [6.07, 6.45) is 2.90. The lowest BCUT2D eigenvalue weighted by molar-refractivity contribution is -0.133. The molecular formula is C19H24N2O4. The molecule has 0 aliphatic carbocycles. The van der Waals surface area contributed by atoms with Crippen LogP contribution < -0.4 is 9.47 Å². The summed E-state index contributed by atoms with van der Waals surface area (Å²) in [6, 6.07) is 9.47. The fourth-order valence-electron chi connectivity index (χ4n) is 3.09. The molecule has 1 aliphatic heterocycles. The van der Waals surface area contributed by atoms with Crippen molar-refractivity contribution in [3.05, 3.63) is 41.8 Å². The topological polar surface area (TPSA) is 64.8 Å². The van der Waals surface area contributed by atoms with Crippen molar-refractivity contribution in [2.24, 2.45) is 0 Å². The summed E-state index contributed by atoms with van der Waals surface area (Å²) in [7, 11) is 1.63. The van der Waals surface area contributed by atoms with Gasteiger partial charge in [0.05, 0.1) is 19.3 Å². The Morgan fingerprint density at radius 1 is 1.36 bits per heavy atom. The van der Waals surface area contributed by atoms with Crippen LogP contribution in [0.1, 0.15) is 30.7 Å². The Hall–Kier alpha value is -2.50. The molecule has 0 saturated carbocycles. The number of nitrogens with zero attached hydrogens (tertiary/aromatic N) is 2. The number of hydrogen-bond donors (Lipinski definition) is 0. The van der Waals surface area contributed by atoms with Crippen molar-refractivity contribution in [3.8, 4) is 11.5 Å². The lowest BCUT2D eigenvalue weighted by Gasteiger charge is -2.33. The lowest BCUT2D eigenvalue weighted by Crippen LogP contribution is -2.44. The highest BCUT2D eigenvalue weighted by Crippen LogP contribution is 2.28. The van der Waals surface area contributed by atoms with Gasteiger partial charge < -0.3 is 18.9 Å². The van der Waals surface area contributed by atoms with Crippen LogP contribution >= 0.6 is 0 Å². The second-order valence-electron chi connectivity index (χ2n) is 6.30. The number of ether oxygens (including phenoxy) is 2. The van der Waals surface area contributed by atoms with E-state index in [4.69, 9.17) is 14.0 Å². The van der Waals surface area contributed by atoms with Crippen LogP contribution in [-0.4, -0.2) is 42.3 Å². The first-order chi connectivity index (χ1) is 12.2. The van der Waals surface area contributed by atoms with Gasteiger partial charge in [0, 0.05) is 25.5 Å². The monoisotopic (exact) mass is 344 g/mol. The third kappa shape index (κ3) is 4.53. The highest BCUT2D eigenvalue weighted by molar-refractivity contribution is 5.76. The molecule has 1 fully saturated rings. The van der Waals surface area contributed by atoms with Gasteiger partial charge in [0.2, 0.25) is 5.91 Å². The minimum absolute atomic E-state index is 0.0108. The van der Waals surface area contributed by atoms with E-state index in [0.29, 0.717) is 25.1 Å². The molecule has 1 atom stereocenters. The van der Waals surface area contributed by atoms with Gasteiger partial charge in [-0.1, -0.05) is 17.3 Å². The first-order valence-corrected chi connectivity index (χ1v) is 8.65. The molecule has 2 heterocycles. The lowest BCUT2D eigenvalue weighted by atomic mass is 10.1. The maximum absolute atomic E-state index is 12.5. The van der Waals surface area contributed by atoms with Crippen molar-refractivity contribution < 1.29 is 18.8 Å². The van der Waals surface area contributed by atoms with Gasteiger partial charge in [0.1, 0.15) is 11.9 Å². The molecule has 1 aromatic carbocycles. The zero-order valence-electron chi connectivity index (χ0n) is 14.7. The number of likely N-dealkylation sites (tertiary alicyclic amines) is 1. The van der Waals surface area contributed by atoms with Gasteiger partial charge in [0.15, 0.2) is 11.5 Å². The molecule has 1 aromatic heterocycles. The number of para-hydroxylation sites is 2. The fraction of sp³-hybridized carbons (Fsp3) is 0.474. The van der Waals surface area contributed by atoms with Crippen LogP contribution in [0.2, 0.25) is 0 Å². The number of rotatable bonds is 6. The Morgan fingerprint density at radius 3 is 2.88 bits per heavy atom. The molecule has 0 radical (unpaired) electrons. The van der Waals surface area contributed by atoms with Gasteiger partial charge in [-0.15, -0.1) is 0 Å². The summed E-state index contributed by atoms with van der Waals surface area (Å²) >= 11 is 0. The quantitative estimate of drug-likeness (QED) is 0.806. The SMILES string of the molecule is COc1ccccc1OC1CCCN(C(=O)CCc2cc(C)on2)C1. The standard InChI is InChI=1S/C19H24N2O4/c1-14-12-15(20-25-14)9-10-19(22)21-11-5-6-16(13-21)24-18-8-4-3-7-17(18)23-2/h3-4,7-8,12,16H,5-6,9-11,13H2,1-2H3. The predicted molar refractivity (Wildman–Crippen MR) is 92.8 cm³/mol. The van der Waals surface area contributed by atoms with Gasteiger partial charge in [-0.25, -0.2) is 0 Å². The Bertz CT molecular complexity index is 713. The highest BCUT2D eigenvalue weighted by Gasteiger charge is 2.25. The summed E-state index contributed by atoms with van der Waals surface area (Å²) in [5.74, 6) is 2.34. The van der Waals surface area contributed by atoms with Crippen molar-refractivity contribution in [3.63, 3.8) is 0 Å². The van der Waals surface area contributed by atoms with Gasteiger partial charge in [-0.05, 0) is 31.9 Å². The Labute approximate surface area is 147 Å². The number of methoxy groups -OCH3 is 1. The molecule has 1 aliphatic rings. The second kappa shape index (κ2) is 8.05. The molecule has 0 bridgehead atoms. The van der Waals surface area contributed by atoms with Crippen LogP contribution in [0.4, 0.5) is 0 Å². The number of hydrogen-bond acceptors (Lipinski definition) is 5. The minimum atomic E-state index is -0.0108. The van der Waals surface area contributed by atoms with Crippen molar-refractivity contribution in [1.82, 2.24) is 10.1 Å². The summed E-state index contributed by atoms with van der Waals surface area (Å²) in [4.78, 5) is 14.4. The summed E-state index contributed by atoms with van der Waals surface area (Å²) in [5.41, 5.74) is 0.824. The number of aryl methyl sites for hydroxylation is 2. The number of aromatic nitrogens is 1. The van der Waals surface area contributed by atoms with Crippen LogP contribution in [-0.2, 0) is 11.2 Å². The summed E-state index contributed by atoms with van der Waals surface area (Å²) in [6.45, 7) is 3.24. The molecule has 3 rings (SSSR count). The van der Waals surface area contributed by atoms with Crippen molar-refractivity contribution in [2.75, 3.05) is 20.2 Å². The average molecular weight is 344 g/mol. The van der Waals surface area contributed by atoms with Crippen LogP contribution in [0.15, 0.2) is 34.9 Å². The number of carbonyl (C=O) groups excluding carboxylic acids is 1. The Kier molecular flexibility index (Phi) is 5.58. The second-order valence-corrected chi connectivity index (χ2v) is 6.30. The minimum Gasteiger partial charge on any atom is -0.493 e. The molecule has 1 amide bonds. The average Bonchev–Trinajstić information content (AvgIpc) is 3.06. The number of amides is 1. The molecule has 25 heavy (non-hydrogen) atoms. The number of carbonyl (C=O) groups is 1. The zero-order valence-corrected chi connectivity index (χ0v) is 14.7. The number of benzene rings is 1. The molecule has 1 saturated heterocycles. The first-order valence-electron chi connectivity index (χ1n) is 8.65. The maximum atomic E-state index is 12.5. The summed E-state index contributed by atoms with van der Waals surface area (Å²) in [5, 5.41) is 3.94. The van der Waals surface area contributed by atoms with E-state index in [1.54, 1.807) is 7.11 Å². The van der Waals surface area contributed by atoms with E-state index in [1.807, 2.05) is 42.2 Å². The van der Waals surface area contributed by atoms with Gasteiger partial charge >= 0.3 is 0 Å². The molecule has 6 heteroatoms. The number of piperidine rings is 1. The van der Waals surface area contributed by atoms with E-state index in [9.17, 15) is 4.79 Å². The van der Waals surface area contributed by atoms with Crippen molar-refractivity contribution >= 4 is 5.91 Å². The molecule has 0 N–H and O–H groups in total. The van der Waals surface area contributed by atoms with E-state index in [0.717, 1.165) is 36.6 Å². The normalized spacial score (nSPS) is 17.4.